The Labute approximate surface area is 153 Å². The van der Waals surface area contributed by atoms with Crippen molar-refractivity contribution in [2.45, 2.75) is 0 Å². The predicted octanol–water partition coefficient (Wildman–Crippen LogP) is 3.95. The molecule has 1 fully saturated rings. The maximum absolute atomic E-state index is 12.5. The summed E-state index contributed by atoms with van der Waals surface area (Å²) in [6.45, 7) is 0. The Kier molecular flexibility index (Phi) is 5.01. The molecule has 2 heterocycles. The van der Waals surface area contributed by atoms with Gasteiger partial charge in [-0.15, -0.1) is 0 Å². The van der Waals surface area contributed by atoms with Crippen molar-refractivity contribution in [1.29, 1.82) is 0 Å². The molecule has 0 unspecified atom stereocenters. The molecule has 0 aliphatic carbocycles. The minimum Gasteiger partial charge on any atom is -0.268 e. The van der Waals surface area contributed by atoms with Gasteiger partial charge in [0.05, 0.1) is 27.3 Å². The van der Waals surface area contributed by atoms with Crippen LogP contribution in [0.5, 0.6) is 0 Å². The van der Waals surface area contributed by atoms with Crippen molar-refractivity contribution in [2.75, 3.05) is 4.90 Å². The molecule has 25 heavy (non-hydrogen) atoms. The number of hydrogen-bond donors (Lipinski definition) is 0. The van der Waals surface area contributed by atoms with Crippen LogP contribution in [0.15, 0.2) is 65.8 Å². The second-order valence-corrected chi connectivity index (χ2v) is 6.60. The predicted molar refractivity (Wildman–Crippen MR) is 102 cm³/mol. The van der Waals surface area contributed by atoms with Gasteiger partial charge in [0, 0.05) is 12.3 Å². The smallest absolute Gasteiger partial charge is 0.268 e. The number of rotatable bonds is 4. The molecule has 6 nitrogen and oxygen atoms in total. The fourth-order valence-electron chi connectivity index (χ4n) is 2.22. The van der Waals surface area contributed by atoms with Gasteiger partial charge >= 0.3 is 0 Å². The van der Waals surface area contributed by atoms with Gasteiger partial charge in [-0.25, -0.2) is 0 Å². The standard InChI is InChI=1S/C17H11N3O3S2/c21-16-15(25-17(24)19(16)13-7-4-10-18-11-13)9-3-6-12-5-1-2-8-14(12)20(22)23/h1-11H/b6-3+,15-9-. The molecule has 1 amide bonds. The fraction of sp³-hybridized carbons (Fsp3) is 0. The van der Waals surface area contributed by atoms with E-state index in [1.54, 1.807) is 61.0 Å². The highest BCUT2D eigenvalue weighted by molar-refractivity contribution is 8.27. The lowest BCUT2D eigenvalue weighted by Crippen LogP contribution is -2.27. The van der Waals surface area contributed by atoms with E-state index >= 15 is 0 Å². The highest BCUT2D eigenvalue weighted by Gasteiger charge is 2.32. The van der Waals surface area contributed by atoms with E-state index in [1.165, 1.54) is 22.7 Å². The third-order valence-electron chi connectivity index (χ3n) is 3.35. The van der Waals surface area contributed by atoms with Crippen molar-refractivity contribution < 1.29 is 9.72 Å². The molecule has 124 valence electrons. The topological polar surface area (TPSA) is 76.3 Å². The molecule has 0 spiro atoms. The highest BCUT2D eigenvalue weighted by atomic mass is 32.2. The van der Waals surface area contributed by atoms with E-state index in [1.807, 2.05) is 0 Å². The number of nitro benzene ring substituents is 1. The van der Waals surface area contributed by atoms with Gasteiger partial charge in [-0.1, -0.05) is 42.2 Å². The summed E-state index contributed by atoms with van der Waals surface area (Å²) in [4.78, 5) is 28.9. The molecule has 1 aromatic heterocycles. The summed E-state index contributed by atoms with van der Waals surface area (Å²) < 4.78 is 0.420. The van der Waals surface area contributed by atoms with E-state index in [9.17, 15) is 14.9 Å². The van der Waals surface area contributed by atoms with Gasteiger partial charge in [0.25, 0.3) is 11.6 Å². The number of hydrogen-bond acceptors (Lipinski definition) is 6. The summed E-state index contributed by atoms with van der Waals surface area (Å²) in [6.07, 6.45) is 7.99. The zero-order valence-corrected chi connectivity index (χ0v) is 14.4. The van der Waals surface area contributed by atoms with Gasteiger partial charge in [0.1, 0.15) is 0 Å². The second kappa shape index (κ2) is 7.37. The number of nitrogens with zero attached hydrogens (tertiary/aromatic N) is 3. The lowest BCUT2D eigenvalue weighted by Gasteiger charge is -2.13. The number of carbonyl (C=O) groups is 1. The van der Waals surface area contributed by atoms with Gasteiger partial charge in [-0.05, 0) is 30.4 Å². The number of nitro groups is 1. The number of allylic oxidation sites excluding steroid dienone is 2. The SMILES string of the molecule is O=C1/C(=C/C=C/c2ccccc2[N+](=O)[O-])SC(=S)N1c1cccnc1. The zero-order chi connectivity index (χ0) is 17.8. The van der Waals surface area contributed by atoms with Gasteiger partial charge in [-0.3, -0.25) is 24.8 Å². The van der Waals surface area contributed by atoms with Crippen LogP contribution in [0.1, 0.15) is 5.56 Å². The Bertz CT molecular complexity index is 910. The molecule has 1 aliphatic rings. The Morgan fingerprint density at radius 3 is 2.76 bits per heavy atom. The monoisotopic (exact) mass is 369 g/mol. The Morgan fingerprint density at radius 1 is 1.24 bits per heavy atom. The summed E-state index contributed by atoms with van der Waals surface area (Å²) in [7, 11) is 0. The Hall–Kier alpha value is -2.84. The summed E-state index contributed by atoms with van der Waals surface area (Å²) in [6, 6.07) is 9.88. The van der Waals surface area contributed by atoms with E-state index in [0.717, 1.165) is 0 Å². The number of thiocarbonyl (C=S) groups is 1. The Balaban J connectivity index is 1.83. The molecule has 1 saturated heterocycles. The average molecular weight is 369 g/mol. The van der Waals surface area contributed by atoms with Crippen LogP contribution >= 0.6 is 24.0 Å². The third kappa shape index (κ3) is 3.65. The number of pyridine rings is 1. The number of amides is 1. The van der Waals surface area contributed by atoms with E-state index in [0.29, 0.717) is 20.5 Å². The molecule has 0 radical (unpaired) electrons. The highest BCUT2D eigenvalue weighted by Crippen LogP contribution is 2.34. The van der Waals surface area contributed by atoms with Crippen LogP contribution in [-0.2, 0) is 4.79 Å². The number of carbonyl (C=O) groups excluding carboxylic acids is 1. The lowest BCUT2D eigenvalue weighted by atomic mass is 10.1. The molecular weight excluding hydrogens is 358 g/mol. The van der Waals surface area contributed by atoms with Crippen LogP contribution in [0, 0.1) is 10.1 Å². The second-order valence-electron chi connectivity index (χ2n) is 4.93. The van der Waals surface area contributed by atoms with Crippen LogP contribution in [0.2, 0.25) is 0 Å². The van der Waals surface area contributed by atoms with Crippen molar-refractivity contribution in [1.82, 2.24) is 4.98 Å². The van der Waals surface area contributed by atoms with Gasteiger partial charge in [0.2, 0.25) is 0 Å². The van der Waals surface area contributed by atoms with Crippen molar-refractivity contribution in [2.24, 2.45) is 0 Å². The number of anilines is 1. The normalized spacial score (nSPS) is 16.2. The molecule has 0 atom stereocenters. The summed E-state index contributed by atoms with van der Waals surface area (Å²) in [5.41, 5.74) is 1.08. The van der Waals surface area contributed by atoms with E-state index in [2.05, 4.69) is 4.98 Å². The maximum Gasteiger partial charge on any atom is 0.276 e. The number of benzene rings is 1. The van der Waals surface area contributed by atoms with E-state index in [4.69, 9.17) is 12.2 Å². The molecule has 8 heteroatoms. The van der Waals surface area contributed by atoms with Crippen LogP contribution in [0.3, 0.4) is 0 Å². The summed E-state index contributed by atoms with van der Waals surface area (Å²) in [5.74, 6) is -0.241. The van der Waals surface area contributed by atoms with E-state index < -0.39 is 4.92 Å². The molecule has 0 saturated carbocycles. The van der Waals surface area contributed by atoms with Gasteiger partial charge < -0.3 is 0 Å². The minimum absolute atomic E-state index is 0.00931. The first kappa shape index (κ1) is 17.0. The molecule has 3 rings (SSSR count). The van der Waals surface area contributed by atoms with Crippen LogP contribution in [0.25, 0.3) is 6.08 Å². The zero-order valence-electron chi connectivity index (χ0n) is 12.7. The van der Waals surface area contributed by atoms with Crippen LogP contribution in [-0.4, -0.2) is 20.1 Å². The third-order valence-corrected chi connectivity index (χ3v) is 4.68. The first-order chi connectivity index (χ1) is 12.1. The molecule has 0 N–H and O–H groups in total. The summed E-state index contributed by atoms with van der Waals surface area (Å²) in [5, 5.41) is 11.0. The molecular formula is C17H11N3O3S2. The Morgan fingerprint density at radius 2 is 2.04 bits per heavy atom. The number of thioether (sulfide) groups is 1. The van der Waals surface area contributed by atoms with Crippen molar-refractivity contribution in [3.8, 4) is 0 Å². The molecule has 2 aromatic rings. The molecule has 1 aliphatic heterocycles. The largest absolute Gasteiger partial charge is 0.276 e. The molecule has 0 bridgehead atoms. The number of para-hydroxylation sites is 1. The first-order valence-electron chi connectivity index (χ1n) is 7.16. The van der Waals surface area contributed by atoms with E-state index in [-0.39, 0.29) is 11.6 Å². The lowest BCUT2D eigenvalue weighted by molar-refractivity contribution is -0.385. The fourth-order valence-corrected chi connectivity index (χ4v) is 3.47. The van der Waals surface area contributed by atoms with Crippen LogP contribution in [0.4, 0.5) is 11.4 Å². The maximum atomic E-state index is 12.5. The average Bonchev–Trinajstić information content (AvgIpc) is 2.90. The quantitative estimate of drug-likeness (QED) is 0.351. The first-order valence-corrected chi connectivity index (χ1v) is 8.38. The van der Waals surface area contributed by atoms with Crippen LogP contribution < -0.4 is 4.90 Å². The van der Waals surface area contributed by atoms with Gasteiger partial charge in [-0.2, -0.15) is 0 Å². The van der Waals surface area contributed by atoms with Gasteiger partial charge in [0.15, 0.2) is 4.32 Å². The molecule has 1 aromatic carbocycles. The van der Waals surface area contributed by atoms with Crippen molar-refractivity contribution >= 4 is 51.7 Å². The minimum atomic E-state index is -0.443. The van der Waals surface area contributed by atoms with Crippen molar-refractivity contribution in [3.63, 3.8) is 0 Å². The van der Waals surface area contributed by atoms with Crippen molar-refractivity contribution in [3.05, 3.63) is 81.5 Å². The number of aromatic nitrogens is 1. The summed E-state index contributed by atoms with van der Waals surface area (Å²) >= 11 is 6.44.